The molecule has 1 aromatic rings. The van der Waals surface area contributed by atoms with Crippen LogP contribution >= 0.6 is 0 Å². The number of hydrogen-bond donors (Lipinski definition) is 3. The van der Waals surface area contributed by atoms with Crippen molar-refractivity contribution in [2.45, 2.75) is 30.7 Å². The first kappa shape index (κ1) is 13.0. The predicted molar refractivity (Wildman–Crippen MR) is 65.5 cm³/mol. The van der Waals surface area contributed by atoms with E-state index in [1.165, 1.54) is 0 Å². The van der Waals surface area contributed by atoms with E-state index in [0.29, 0.717) is 0 Å². The fourth-order valence-corrected chi connectivity index (χ4v) is 2.37. The van der Waals surface area contributed by atoms with Crippen LogP contribution in [0, 0.1) is 0 Å². The van der Waals surface area contributed by atoms with Crippen molar-refractivity contribution in [1.82, 2.24) is 0 Å². The molecule has 2 aliphatic heterocycles. The minimum absolute atomic E-state index is 0.186. The molecule has 0 spiro atoms. The van der Waals surface area contributed by atoms with E-state index < -0.39 is 37.8 Å². The molecular formula is C12H15BO6. The van der Waals surface area contributed by atoms with Gasteiger partial charge in [-0.1, -0.05) is 30.3 Å². The molecule has 2 heterocycles. The van der Waals surface area contributed by atoms with Gasteiger partial charge in [-0.2, -0.15) is 0 Å². The van der Waals surface area contributed by atoms with Crippen LogP contribution in [-0.4, -0.2) is 59.8 Å². The molecule has 1 aromatic carbocycles. The van der Waals surface area contributed by atoms with E-state index >= 15 is 0 Å². The summed E-state index contributed by atoms with van der Waals surface area (Å²) in [6, 6.07) is 9.31. The summed E-state index contributed by atoms with van der Waals surface area (Å²) in [4.78, 5) is 0. The summed E-state index contributed by atoms with van der Waals surface area (Å²) in [7, 11) is -0.608. The summed E-state index contributed by atoms with van der Waals surface area (Å²) in [5, 5.41) is 29.0. The highest BCUT2D eigenvalue weighted by molar-refractivity contribution is 6.61. The van der Waals surface area contributed by atoms with Crippen molar-refractivity contribution in [3.63, 3.8) is 0 Å². The van der Waals surface area contributed by atoms with E-state index in [1.807, 2.05) is 30.3 Å². The van der Waals surface area contributed by atoms with Crippen LogP contribution in [0.4, 0.5) is 0 Å². The van der Waals surface area contributed by atoms with Crippen molar-refractivity contribution in [3.8, 4) is 0 Å². The molecule has 3 N–H and O–H groups in total. The number of aliphatic hydroxyl groups is 3. The van der Waals surface area contributed by atoms with Crippen molar-refractivity contribution in [3.05, 3.63) is 30.3 Å². The van der Waals surface area contributed by atoms with Gasteiger partial charge in [-0.15, -0.1) is 0 Å². The van der Waals surface area contributed by atoms with Gasteiger partial charge in [0.15, 0.2) is 6.29 Å². The van der Waals surface area contributed by atoms with Crippen molar-refractivity contribution in [1.29, 1.82) is 0 Å². The van der Waals surface area contributed by atoms with E-state index in [9.17, 15) is 15.3 Å². The van der Waals surface area contributed by atoms with Crippen LogP contribution in [0.15, 0.2) is 30.3 Å². The van der Waals surface area contributed by atoms with Crippen molar-refractivity contribution >= 4 is 12.6 Å². The van der Waals surface area contributed by atoms with Crippen LogP contribution in [0.3, 0.4) is 0 Å². The first-order valence-electron chi connectivity index (χ1n) is 6.18. The molecule has 6 nitrogen and oxygen atoms in total. The molecular weight excluding hydrogens is 251 g/mol. The Morgan fingerprint density at radius 1 is 1.05 bits per heavy atom. The Balaban J connectivity index is 1.75. The third-order valence-electron chi connectivity index (χ3n) is 3.42. The standard InChI is InChI=1S/C12H15BO6/c14-9-10(15)12(16)18-8-6-17-13(19-11(8)9)7-4-2-1-3-5-7/h1-5,8-12,14-16H,6H2/t8-,9-,10-,11-,12+/m1/s1. The molecule has 0 radical (unpaired) electrons. The lowest BCUT2D eigenvalue weighted by atomic mass is 9.76. The Kier molecular flexibility index (Phi) is 3.57. The van der Waals surface area contributed by atoms with Gasteiger partial charge in [0.05, 0.1) is 6.61 Å². The number of hydrogen-bond acceptors (Lipinski definition) is 6. The lowest BCUT2D eigenvalue weighted by molar-refractivity contribution is -0.291. The second-order valence-corrected chi connectivity index (χ2v) is 4.72. The quantitative estimate of drug-likeness (QED) is 0.522. The van der Waals surface area contributed by atoms with Gasteiger partial charge in [-0.05, 0) is 5.46 Å². The van der Waals surface area contributed by atoms with Gasteiger partial charge in [0.1, 0.15) is 24.4 Å². The topological polar surface area (TPSA) is 88.4 Å². The number of benzene rings is 1. The summed E-state index contributed by atoms with van der Waals surface area (Å²) in [6.07, 6.45) is -5.32. The van der Waals surface area contributed by atoms with Gasteiger partial charge >= 0.3 is 7.12 Å². The molecule has 2 saturated heterocycles. The fraction of sp³-hybridized carbons (Fsp3) is 0.500. The van der Waals surface area contributed by atoms with Crippen LogP contribution in [0.25, 0.3) is 0 Å². The maximum Gasteiger partial charge on any atom is 0.494 e. The average molecular weight is 266 g/mol. The largest absolute Gasteiger partial charge is 0.494 e. The smallest absolute Gasteiger partial charge is 0.404 e. The van der Waals surface area contributed by atoms with E-state index in [-0.39, 0.29) is 6.61 Å². The summed E-state index contributed by atoms with van der Waals surface area (Å²) in [5.41, 5.74) is 0.828. The monoisotopic (exact) mass is 266 g/mol. The van der Waals surface area contributed by atoms with Crippen LogP contribution in [-0.2, 0) is 14.0 Å². The highest BCUT2D eigenvalue weighted by Gasteiger charge is 2.49. The van der Waals surface area contributed by atoms with Crippen molar-refractivity contribution < 1.29 is 29.4 Å². The van der Waals surface area contributed by atoms with Crippen LogP contribution < -0.4 is 5.46 Å². The highest BCUT2D eigenvalue weighted by Crippen LogP contribution is 2.26. The fourth-order valence-electron chi connectivity index (χ4n) is 2.37. The lowest BCUT2D eigenvalue weighted by Crippen LogP contribution is -2.65. The first-order chi connectivity index (χ1) is 9.16. The summed E-state index contributed by atoms with van der Waals surface area (Å²) in [6.45, 7) is 0.186. The van der Waals surface area contributed by atoms with Crippen LogP contribution in [0.1, 0.15) is 0 Å². The van der Waals surface area contributed by atoms with Crippen molar-refractivity contribution in [2.24, 2.45) is 0 Å². The maximum atomic E-state index is 9.94. The molecule has 0 amide bonds. The Bertz CT molecular complexity index is 427. The molecule has 2 fully saturated rings. The Morgan fingerprint density at radius 2 is 1.79 bits per heavy atom. The number of rotatable bonds is 1. The van der Waals surface area contributed by atoms with Gasteiger partial charge in [-0.3, -0.25) is 0 Å². The van der Waals surface area contributed by atoms with Crippen molar-refractivity contribution in [2.75, 3.05) is 6.61 Å². The van der Waals surface area contributed by atoms with E-state index in [4.69, 9.17) is 14.0 Å². The minimum Gasteiger partial charge on any atom is -0.404 e. The summed E-state index contributed by atoms with van der Waals surface area (Å²) >= 11 is 0. The normalized spacial score (nSPS) is 38.9. The average Bonchev–Trinajstić information content (AvgIpc) is 2.46. The molecule has 102 valence electrons. The van der Waals surface area contributed by atoms with Gasteiger partial charge in [0.2, 0.25) is 0 Å². The van der Waals surface area contributed by atoms with E-state index in [1.54, 1.807) is 0 Å². The zero-order chi connectivity index (χ0) is 13.4. The molecule has 0 aromatic heterocycles. The second-order valence-electron chi connectivity index (χ2n) is 4.72. The molecule has 5 atom stereocenters. The Morgan fingerprint density at radius 3 is 2.53 bits per heavy atom. The van der Waals surface area contributed by atoms with E-state index in [0.717, 1.165) is 5.46 Å². The first-order valence-corrected chi connectivity index (χ1v) is 6.18. The zero-order valence-corrected chi connectivity index (χ0v) is 10.1. The number of ether oxygens (including phenoxy) is 1. The minimum atomic E-state index is -1.42. The molecule has 0 aliphatic carbocycles. The number of fused-ring (bicyclic) bond motifs is 1. The highest BCUT2D eigenvalue weighted by atomic mass is 16.7. The number of aliphatic hydroxyl groups excluding tert-OH is 3. The van der Waals surface area contributed by atoms with Gasteiger partial charge in [0.25, 0.3) is 0 Å². The predicted octanol–water partition coefficient (Wildman–Crippen LogP) is -1.76. The van der Waals surface area contributed by atoms with Crippen LogP contribution in [0.5, 0.6) is 0 Å². The maximum absolute atomic E-state index is 9.94. The van der Waals surface area contributed by atoms with Gasteiger partial charge < -0.3 is 29.4 Å². The van der Waals surface area contributed by atoms with Gasteiger partial charge in [0, 0.05) is 0 Å². The second kappa shape index (κ2) is 5.20. The molecule has 0 unspecified atom stereocenters. The summed E-state index contributed by atoms with van der Waals surface area (Å²) in [5.74, 6) is 0. The third kappa shape index (κ3) is 2.41. The van der Waals surface area contributed by atoms with E-state index in [2.05, 4.69) is 0 Å². The van der Waals surface area contributed by atoms with Crippen LogP contribution in [0.2, 0.25) is 0 Å². The molecule has 19 heavy (non-hydrogen) atoms. The van der Waals surface area contributed by atoms with Gasteiger partial charge in [-0.25, -0.2) is 0 Å². The third-order valence-corrected chi connectivity index (χ3v) is 3.42. The molecule has 7 heteroatoms. The Labute approximate surface area is 110 Å². The summed E-state index contributed by atoms with van der Waals surface area (Å²) < 4.78 is 16.3. The zero-order valence-electron chi connectivity index (χ0n) is 10.1. The molecule has 0 saturated carbocycles. The molecule has 3 rings (SSSR count). The lowest BCUT2D eigenvalue weighted by Gasteiger charge is -2.44. The SMILES string of the molecule is O[C@@H]1[C@@H](O)[C@@H](O)O[C@@H]2COB(c3ccccc3)O[C@@H]12. The molecule has 2 aliphatic rings. The Hall–Kier alpha value is -0.955. The molecule has 0 bridgehead atoms.